The van der Waals surface area contributed by atoms with Gasteiger partial charge >= 0.3 is 0 Å². The van der Waals surface area contributed by atoms with Gasteiger partial charge in [0.1, 0.15) is 10.6 Å². The van der Waals surface area contributed by atoms with Crippen molar-refractivity contribution in [1.82, 2.24) is 10.3 Å². The van der Waals surface area contributed by atoms with Crippen molar-refractivity contribution >= 4 is 27.1 Å². The van der Waals surface area contributed by atoms with E-state index in [0.717, 1.165) is 53.7 Å². The Morgan fingerprint density at radius 2 is 1.84 bits per heavy atom. The first-order valence-electron chi connectivity index (χ1n) is 15.6. The maximum absolute atomic E-state index is 13.6. The number of nitrogens with zero attached hydrogens (tertiary/aromatic N) is 1. The first kappa shape index (κ1) is 30.3. The molecule has 6 rings (SSSR count). The number of rotatable bonds is 9. The van der Waals surface area contributed by atoms with Gasteiger partial charge in [-0.2, -0.15) is 0 Å². The maximum Gasteiger partial charge on any atom is 0.223 e. The van der Waals surface area contributed by atoms with Gasteiger partial charge < -0.3 is 15.2 Å². The Bertz CT molecular complexity index is 1560. The van der Waals surface area contributed by atoms with E-state index in [1.165, 1.54) is 37.6 Å². The lowest BCUT2D eigenvalue weighted by Gasteiger charge is -2.38. The molecule has 0 saturated heterocycles. The molecule has 4 unspecified atom stereocenters. The summed E-state index contributed by atoms with van der Waals surface area (Å²) in [5.41, 5.74) is 2.97. The number of aliphatic hydroxyl groups excluding tert-OH is 1. The Balaban J connectivity index is 1.26. The van der Waals surface area contributed by atoms with Gasteiger partial charge in [0, 0.05) is 30.2 Å². The Morgan fingerprint density at radius 1 is 1.05 bits per heavy atom. The molecule has 2 aromatic carbocycles. The van der Waals surface area contributed by atoms with Crippen LogP contribution in [0, 0.1) is 11.8 Å². The lowest BCUT2D eigenvalue weighted by Crippen LogP contribution is -2.41. The highest BCUT2D eigenvalue weighted by molar-refractivity contribution is 7.90. The van der Waals surface area contributed by atoms with Gasteiger partial charge in [-0.3, -0.25) is 4.79 Å². The third kappa shape index (κ3) is 6.84. The number of hydrogen-bond acceptors (Lipinski definition) is 7. The molecule has 3 aromatic rings. The highest BCUT2D eigenvalue weighted by atomic mass is 32.2. The Kier molecular flexibility index (Phi) is 8.94. The number of aromatic nitrogens is 1. The van der Waals surface area contributed by atoms with Crippen molar-refractivity contribution < 1.29 is 23.1 Å². The number of ether oxygens (including phenoxy) is 1. The van der Waals surface area contributed by atoms with Gasteiger partial charge in [0.2, 0.25) is 5.91 Å². The average molecular weight is 623 g/mol. The van der Waals surface area contributed by atoms with Crippen LogP contribution in [0.3, 0.4) is 0 Å². The molecule has 7 nitrogen and oxygen atoms in total. The number of sulfone groups is 1. The fourth-order valence-corrected chi connectivity index (χ4v) is 8.97. The van der Waals surface area contributed by atoms with Gasteiger partial charge in [-0.15, -0.1) is 11.3 Å². The van der Waals surface area contributed by atoms with E-state index in [-0.39, 0.29) is 34.6 Å². The molecule has 3 aliphatic rings. The highest BCUT2D eigenvalue weighted by Crippen LogP contribution is 2.45. The van der Waals surface area contributed by atoms with E-state index >= 15 is 0 Å². The molecule has 2 N–H and O–H groups in total. The summed E-state index contributed by atoms with van der Waals surface area (Å²) in [6.07, 6.45) is 12.2. The lowest BCUT2D eigenvalue weighted by molar-refractivity contribution is -0.127. The lowest BCUT2D eigenvalue weighted by atomic mass is 9.72. The average Bonchev–Trinajstić information content (AvgIpc) is 3.75. The van der Waals surface area contributed by atoms with Crippen LogP contribution < -0.4 is 10.1 Å². The first-order chi connectivity index (χ1) is 20.7. The van der Waals surface area contributed by atoms with Crippen molar-refractivity contribution in [1.29, 1.82) is 0 Å². The number of hydrogen-bond donors (Lipinski definition) is 2. The molecule has 3 fully saturated rings. The van der Waals surface area contributed by atoms with E-state index in [1.54, 1.807) is 23.5 Å². The molecule has 3 aliphatic carbocycles. The van der Waals surface area contributed by atoms with E-state index in [4.69, 9.17) is 4.74 Å². The second-order valence-corrected chi connectivity index (χ2v) is 15.8. The Morgan fingerprint density at radius 3 is 2.53 bits per heavy atom. The van der Waals surface area contributed by atoms with Crippen LogP contribution in [0.1, 0.15) is 98.2 Å². The fourth-order valence-electron chi connectivity index (χ4n) is 7.02. The molecule has 0 aliphatic heterocycles. The molecule has 0 bridgehead atoms. The molecular formula is C34H42N2O5S2. The number of carbonyl (C=O) groups excluding carboxylic acids is 1. The van der Waals surface area contributed by atoms with E-state index in [2.05, 4.69) is 34.6 Å². The molecule has 0 radical (unpaired) electrons. The normalized spacial score (nSPS) is 23.9. The monoisotopic (exact) mass is 622 g/mol. The van der Waals surface area contributed by atoms with Crippen LogP contribution in [0.5, 0.6) is 5.75 Å². The zero-order chi connectivity index (χ0) is 30.1. The van der Waals surface area contributed by atoms with Gasteiger partial charge in [-0.05, 0) is 85.8 Å². The zero-order valence-electron chi connectivity index (χ0n) is 25.0. The summed E-state index contributed by atoms with van der Waals surface area (Å²) < 4.78 is 30.2. The van der Waals surface area contributed by atoms with Crippen molar-refractivity contribution in [3.8, 4) is 16.2 Å². The number of aliphatic hydroxyl groups is 1. The number of amides is 1. The summed E-state index contributed by atoms with van der Waals surface area (Å²) in [7, 11) is -2.03. The Hall–Kier alpha value is -2.75. The summed E-state index contributed by atoms with van der Waals surface area (Å²) >= 11 is 1.76. The highest BCUT2D eigenvalue weighted by Gasteiger charge is 2.37. The van der Waals surface area contributed by atoms with Crippen LogP contribution in [0.25, 0.3) is 10.4 Å². The van der Waals surface area contributed by atoms with Crippen molar-refractivity contribution in [2.75, 3.05) is 13.4 Å². The van der Waals surface area contributed by atoms with E-state index < -0.39 is 15.9 Å². The van der Waals surface area contributed by atoms with Crippen LogP contribution in [-0.4, -0.2) is 43.9 Å². The van der Waals surface area contributed by atoms with Gasteiger partial charge in [0.15, 0.2) is 9.84 Å². The SMILES string of the molecule is COc1ccc(C2CCC(C(NC(=O)C3CCCCC3)c3cccc(-c4cnc(C5CC5)s4)c3)CC2O)cc1S(C)(=O)=O. The summed E-state index contributed by atoms with van der Waals surface area (Å²) in [5.74, 6) is 0.933. The molecule has 230 valence electrons. The first-order valence-corrected chi connectivity index (χ1v) is 18.3. The molecule has 4 atom stereocenters. The van der Waals surface area contributed by atoms with Gasteiger partial charge in [0.05, 0.1) is 29.1 Å². The summed E-state index contributed by atoms with van der Waals surface area (Å²) in [6, 6.07) is 13.4. The molecule has 9 heteroatoms. The van der Waals surface area contributed by atoms with Gasteiger partial charge in [-0.25, -0.2) is 13.4 Å². The fraction of sp³-hybridized carbons (Fsp3) is 0.529. The molecule has 0 spiro atoms. The predicted octanol–water partition coefficient (Wildman–Crippen LogP) is 6.78. The molecule has 3 saturated carbocycles. The molecule has 1 aromatic heterocycles. The maximum atomic E-state index is 13.6. The number of nitrogens with one attached hydrogen (secondary N) is 1. The smallest absolute Gasteiger partial charge is 0.223 e. The van der Waals surface area contributed by atoms with Crippen molar-refractivity contribution in [2.24, 2.45) is 11.8 Å². The number of carbonyl (C=O) groups is 1. The minimum atomic E-state index is -3.49. The largest absolute Gasteiger partial charge is 0.495 e. The molecule has 1 amide bonds. The van der Waals surface area contributed by atoms with Crippen molar-refractivity contribution in [3.63, 3.8) is 0 Å². The molecule has 43 heavy (non-hydrogen) atoms. The summed E-state index contributed by atoms with van der Waals surface area (Å²) in [5, 5.41) is 16.1. The van der Waals surface area contributed by atoms with Crippen LogP contribution in [-0.2, 0) is 14.6 Å². The number of thiazole rings is 1. The van der Waals surface area contributed by atoms with Crippen molar-refractivity contribution in [2.45, 2.75) is 93.1 Å². The zero-order valence-corrected chi connectivity index (χ0v) is 26.6. The number of benzene rings is 2. The van der Waals surface area contributed by atoms with E-state index in [0.29, 0.717) is 24.5 Å². The molecule has 1 heterocycles. The predicted molar refractivity (Wildman–Crippen MR) is 169 cm³/mol. The van der Waals surface area contributed by atoms with E-state index in [1.807, 2.05) is 12.3 Å². The van der Waals surface area contributed by atoms with E-state index in [9.17, 15) is 18.3 Å². The van der Waals surface area contributed by atoms with Crippen LogP contribution in [0.15, 0.2) is 53.6 Å². The van der Waals surface area contributed by atoms with Crippen molar-refractivity contribution in [3.05, 3.63) is 64.8 Å². The standard InChI is InChI=1S/C34H42N2O5S2/c1-41-29-16-14-23(19-31(29)43(2,39)40)27-15-13-26(18-28(27)37)32(36-33(38)21-7-4-3-5-8-21)25-10-6-9-24(17-25)30-20-35-34(42-30)22-11-12-22/h6,9-10,14,16-17,19-22,26-28,32,37H,3-5,7-8,11-13,15,18H2,1-2H3,(H,36,38). The minimum Gasteiger partial charge on any atom is -0.495 e. The number of methoxy groups -OCH3 is 1. The van der Waals surface area contributed by atoms with Crippen LogP contribution in [0.4, 0.5) is 0 Å². The van der Waals surface area contributed by atoms with Crippen LogP contribution in [0.2, 0.25) is 0 Å². The Labute approximate surface area is 259 Å². The van der Waals surface area contributed by atoms with Gasteiger partial charge in [-0.1, -0.05) is 43.5 Å². The van der Waals surface area contributed by atoms with Crippen LogP contribution >= 0.6 is 11.3 Å². The molecular weight excluding hydrogens is 581 g/mol. The summed E-state index contributed by atoms with van der Waals surface area (Å²) in [4.78, 5) is 19.5. The summed E-state index contributed by atoms with van der Waals surface area (Å²) in [6.45, 7) is 0. The second-order valence-electron chi connectivity index (χ2n) is 12.7. The minimum absolute atomic E-state index is 0.0389. The topological polar surface area (TPSA) is 106 Å². The quantitative estimate of drug-likeness (QED) is 0.273. The third-order valence-corrected chi connectivity index (χ3v) is 11.9. The second kappa shape index (κ2) is 12.7. The van der Waals surface area contributed by atoms with Gasteiger partial charge in [0.25, 0.3) is 0 Å². The third-order valence-electron chi connectivity index (χ3n) is 9.60.